The van der Waals surface area contributed by atoms with Crippen LogP contribution in [0.4, 0.5) is 0 Å². The minimum Gasteiger partial charge on any atom is -0.326 e. The SMILES string of the molecule is Cc1[nH]c(=O)ccc1C=CCCl. The van der Waals surface area contributed by atoms with E-state index in [0.717, 1.165) is 11.3 Å². The molecule has 0 spiro atoms. The number of aryl methyl sites for hydroxylation is 1. The van der Waals surface area contributed by atoms with E-state index in [1.54, 1.807) is 6.07 Å². The van der Waals surface area contributed by atoms with Crippen molar-refractivity contribution in [2.75, 3.05) is 5.88 Å². The maximum Gasteiger partial charge on any atom is 0.248 e. The molecule has 0 radical (unpaired) electrons. The molecule has 0 aliphatic carbocycles. The van der Waals surface area contributed by atoms with Crippen LogP contribution in [0.3, 0.4) is 0 Å². The number of H-pyrrole nitrogens is 1. The van der Waals surface area contributed by atoms with Crippen LogP contribution < -0.4 is 5.56 Å². The van der Waals surface area contributed by atoms with Crippen LogP contribution in [0.15, 0.2) is 23.0 Å². The number of pyridine rings is 1. The Kier molecular flexibility index (Phi) is 3.11. The lowest BCUT2D eigenvalue weighted by Crippen LogP contribution is -2.05. The molecule has 1 rings (SSSR count). The van der Waals surface area contributed by atoms with Crippen LogP contribution >= 0.6 is 11.6 Å². The summed E-state index contributed by atoms with van der Waals surface area (Å²) in [6.45, 7) is 1.86. The number of hydrogen-bond donors (Lipinski definition) is 1. The average molecular weight is 184 g/mol. The Morgan fingerprint density at radius 2 is 2.33 bits per heavy atom. The molecule has 0 bridgehead atoms. The summed E-state index contributed by atoms with van der Waals surface area (Å²) in [5, 5.41) is 0. The second-order valence-corrected chi connectivity index (χ2v) is 2.77. The highest BCUT2D eigenvalue weighted by Gasteiger charge is 1.92. The number of aromatic nitrogens is 1. The van der Waals surface area contributed by atoms with Gasteiger partial charge in [0.2, 0.25) is 5.56 Å². The second kappa shape index (κ2) is 4.12. The van der Waals surface area contributed by atoms with Crippen LogP contribution in [-0.4, -0.2) is 10.9 Å². The van der Waals surface area contributed by atoms with Crippen LogP contribution in [0.25, 0.3) is 6.08 Å². The van der Waals surface area contributed by atoms with Crippen LogP contribution in [0, 0.1) is 6.92 Å². The molecule has 1 heterocycles. The molecular weight excluding hydrogens is 174 g/mol. The maximum atomic E-state index is 10.8. The average Bonchev–Trinajstić information content (AvgIpc) is 2.03. The van der Waals surface area contributed by atoms with Crippen molar-refractivity contribution in [2.24, 2.45) is 0 Å². The Hall–Kier alpha value is -1.02. The van der Waals surface area contributed by atoms with Gasteiger partial charge in [-0.05, 0) is 18.6 Å². The number of aromatic amines is 1. The van der Waals surface area contributed by atoms with Crippen molar-refractivity contribution in [2.45, 2.75) is 6.92 Å². The lowest BCUT2D eigenvalue weighted by Gasteiger charge is -1.97. The largest absolute Gasteiger partial charge is 0.326 e. The third kappa shape index (κ3) is 2.24. The Morgan fingerprint density at radius 1 is 1.58 bits per heavy atom. The quantitative estimate of drug-likeness (QED) is 0.699. The van der Waals surface area contributed by atoms with Gasteiger partial charge in [-0.1, -0.05) is 12.2 Å². The van der Waals surface area contributed by atoms with Crippen molar-refractivity contribution in [3.63, 3.8) is 0 Å². The molecule has 3 heteroatoms. The molecular formula is C9H10ClNO. The van der Waals surface area contributed by atoms with E-state index in [2.05, 4.69) is 4.98 Å². The van der Waals surface area contributed by atoms with Gasteiger partial charge in [0.25, 0.3) is 0 Å². The minimum atomic E-state index is -0.0736. The van der Waals surface area contributed by atoms with Gasteiger partial charge in [0.1, 0.15) is 0 Å². The van der Waals surface area contributed by atoms with Gasteiger partial charge in [0.05, 0.1) is 0 Å². The number of alkyl halides is 1. The zero-order valence-corrected chi connectivity index (χ0v) is 7.56. The van der Waals surface area contributed by atoms with Crippen LogP contribution in [0.1, 0.15) is 11.3 Å². The molecule has 0 aliphatic heterocycles. The Balaban J connectivity index is 3.01. The predicted octanol–water partition coefficient (Wildman–Crippen LogP) is 1.94. The van der Waals surface area contributed by atoms with Crippen molar-refractivity contribution in [1.82, 2.24) is 4.98 Å². The fraction of sp³-hybridized carbons (Fsp3) is 0.222. The van der Waals surface area contributed by atoms with Gasteiger partial charge < -0.3 is 4.98 Å². The van der Waals surface area contributed by atoms with Crippen molar-refractivity contribution in [3.8, 4) is 0 Å². The van der Waals surface area contributed by atoms with Gasteiger partial charge in [-0.25, -0.2) is 0 Å². The molecule has 12 heavy (non-hydrogen) atoms. The van der Waals surface area contributed by atoms with E-state index in [1.807, 2.05) is 19.1 Å². The minimum absolute atomic E-state index is 0.0736. The number of nitrogens with one attached hydrogen (secondary N) is 1. The lowest BCUT2D eigenvalue weighted by molar-refractivity contribution is 1.13. The topological polar surface area (TPSA) is 32.9 Å². The molecule has 0 amide bonds. The monoisotopic (exact) mass is 183 g/mol. The molecule has 0 fully saturated rings. The van der Waals surface area contributed by atoms with Crippen molar-refractivity contribution in [3.05, 3.63) is 39.8 Å². The fourth-order valence-electron chi connectivity index (χ4n) is 0.941. The van der Waals surface area contributed by atoms with Gasteiger partial charge in [-0.15, -0.1) is 11.6 Å². The summed E-state index contributed by atoms with van der Waals surface area (Å²) in [7, 11) is 0. The molecule has 64 valence electrons. The van der Waals surface area contributed by atoms with Crippen LogP contribution in [0.2, 0.25) is 0 Å². The van der Waals surface area contributed by atoms with Crippen LogP contribution in [-0.2, 0) is 0 Å². The highest BCUT2D eigenvalue weighted by Crippen LogP contribution is 2.03. The molecule has 2 nitrogen and oxygen atoms in total. The molecule has 0 unspecified atom stereocenters. The number of rotatable bonds is 2. The van der Waals surface area contributed by atoms with Crippen molar-refractivity contribution < 1.29 is 0 Å². The van der Waals surface area contributed by atoms with Gasteiger partial charge in [0, 0.05) is 17.6 Å². The predicted molar refractivity (Wildman–Crippen MR) is 51.6 cm³/mol. The zero-order valence-electron chi connectivity index (χ0n) is 6.80. The fourth-order valence-corrected chi connectivity index (χ4v) is 1.03. The standard InChI is InChI=1S/C9H10ClNO/c1-7-8(3-2-6-10)4-5-9(12)11-7/h2-5H,6H2,1H3,(H,11,12). The summed E-state index contributed by atoms with van der Waals surface area (Å²) in [6.07, 6.45) is 3.72. The van der Waals surface area contributed by atoms with E-state index in [9.17, 15) is 4.79 Å². The van der Waals surface area contributed by atoms with Crippen molar-refractivity contribution >= 4 is 17.7 Å². The van der Waals surface area contributed by atoms with E-state index in [1.165, 1.54) is 6.07 Å². The lowest BCUT2D eigenvalue weighted by atomic mass is 10.2. The third-order valence-corrected chi connectivity index (χ3v) is 1.72. The summed E-state index contributed by atoms with van der Waals surface area (Å²) < 4.78 is 0. The number of halogens is 1. The highest BCUT2D eigenvalue weighted by molar-refractivity contribution is 6.19. The summed E-state index contributed by atoms with van der Waals surface area (Å²) >= 11 is 5.48. The van der Waals surface area contributed by atoms with E-state index in [-0.39, 0.29) is 5.56 Å². The molecule has 0 aliphatic rings. The molecule has 0 saturated heterocycles. The molecule has 0 atom stereocenters. The number of allylic oxidation sites excluding steroid dienone is 1. The molecule has 0 saturated carbocycles. The van der Waals surface area contributed by atoms with E-state index >= 15 is 0 Å². The Labute approximate surface area is 75.9 Å². The summed E-state index contributed by atoms with van der Waals surface area (Å²) in [4.78, 5) is 13.5. The Morgan fingerprint density at radius 3 is 2.92 bits per heavy atom. The van der Waals surface area contributed by atoms with Crippen molar-refractivity contribution in [1.29, 1.82) is 0 Å². The van der Waals surface area contributed by atoms with Gasteiger partial charge in [0.15, 0.2) is 0 Å². The van der Waals surface area contributed by atoms with Gasteiger partial charge in [-0.2, -0.15) is 0 Å². The summed E-state index contributed by atoms with van der Waals surface area (Å²) in [5.41, 5.74) is 1.79. The maximum absolute atomic E-state index is 10.8. The van der Waals surface area contributed by atoms with E-state index < -0.39 is 0 Å². The first-order valence-electron chi connectivity index (χ1n) is 3.66. The van der Waals surface area contributed by atoms with Gasteiger partial charge in [-0.3, -0.25) is 4.79 Å². The molecule has 1 N–H and O–H groups in total. The van der Waals surface area contributed by atoms with Crippen LogP contribution in [0.5, 0.6) is 0 Å². The molecule has 1 aromatic heterocycles. The summed E-state index contributed by atoms with van der Waals surface area (Å²) in [5.74, 6) is 0.485. The van der Waals surface area contributed by atoms with E-state index in [4.69, 9.17) is 11.6 Å². The smallest absolute Gasteiger partial charge is 0.248 e. The molecule has 0 aromatic carbocycles. The summed E-state index contributed by atoms with van der Waals surface area (Å²) in [6, 6.07) is 3.28. The normalized spacial score (nSPS) is 10.8. The first-order chi connectivity index (χ1) is 5.74. The first kappa shape index (κ1) is 9.07. The number of hydrogen-bond acceptors (Lipinski definition) is 1. The van der Waals surface area contributed by atoms with E-state index in [0.29, 0.717) is 5.88 Å². The second-order valence-electron chi connectivity index (χ2n) is 2.46. The zero-order chi connectivity index (χ0) is 8.97. The molecule has 1 aromatic rings. The highest BCUT2D eigenvalue weighted by atomic mass is 35.5. The van der Waals surface area contributed by atoms with Gasteiger partial charge >= 0.3 is 0 Å². The Bertz CT molecular complexity index is 341. The third-order valence-electron chi connectivity index (χ3n) is 1.54. The first-order valence-corrected chi connectivity index (χ1v) is 4.20.